The van der Waals surface area contributed by atoms with Crippen LogP contribution in [0.1, 0.15) is 25.0 Å². The Hall–Kier alpha value is -2.31. The first-order valence-corrected chi connectivity index (χ1v) is 8.24. The molecule has 0 bridgehead atoms. The highest BCUT2D eigenvalue weighted by Crippen LogP contribution is 2.26. The number of nitro benzene ring substituents is 1. The highest BCUT2D eigenvalue weighted by Gasteiger charge is 2.26. The average Bonchev–Trinajstić information content (AvgIpc) is 2.57. The predicted octanol–water partition coefficient (Wildman–Crippen LogP) is 3.75. The minimum atomic E-state index is -0.604. The lowest BCUT2D eigenvalue weighted by Gasteiger charge is -2.33. The van der Waals surface area contributed by atoms with Gasteiger partial charge in [-0.25, -0.2) is 4.39 Å². The highest BCUT2D eigenvalue weighted by atomic mass is 19.1. The molecule has 0 aliphatic rings. The van der Waals surface area contributed by atoms with E-state index in [4.69, 9.17) is 0 Å². The van der Waals surface area contributed by atoms with Gasteiger partial charge in [-0.1, -0.05) is 50.2 Å². The minimum absolute atomic E-state index is 0.0440. The molecular formula is C19H23FN2O3. The van der Waals surface area contributed by atoms with Crippen LogP contribution in [0.2, 0.25) is 0 Å². The Balaban J connectivity index is 2.38. The SMILES string of the molecule is CC(C)C(CO)N(Cc1ccccc1)Cc1c(F)cccc1[N+](=O)[O-]. The van der Waals surface area contributed by atoms with Crippen molar-refractivity contribution in [3.05, 3.63) is 75.6 Å². The number of hydrogen-bond acceptors (Lipinski definition) is 4. The third-order valence-electron chi connectivity index (χ3n) is 4.31. The zero-order valence-electron chi connectivity index (χ0n) is 14.4. The molecule has 1 atom stereocenters. The van der Waals surface area contributed by atoms with Crippen LogP contribution in [0.3, 0.4) is 0 Å². The first-order valence-electron chi connectivity index (χ1n) is 8.24. The smallest absolute Gasteiger partial charge is 0.276 e. The molecular weight excluding hydrogens is 323 g/mol. The molecule has 0 aliphatic carbocycles. The Morgan fingerprint density at radius 1 is 1.12 bits per heavy atom. The van der Waals surface area contributed by atoms with Gasteiger partial charge < -0.3 is 5.11 Å². The van der Waals surface area contributed by atoms with Crippen LogP contribution in [0.15, 0.2) is 48.5 Å². The van der Waals surface area contributed by atoms with E-state index in [1.165, 1.54) is 18.2 Å². The van der Waals surface area contributed by atoms with Crippen LogP contribution in [-0.4, -0.2) is 27.6 Å². The van der Waals surface area contributed by atoms with Crippen molar-refractivity contribution >= 4 is 5.69 Å². The molecule has 0 saturated heterocycles. The van der Waals surface area contributed by atoms with Gasteiger partial charge in [-0.2, -0.15) is 0 Å². The van der Waals surface area contributed by atoms with E-state index in [1.54, 1.807) is 0 Å². The number of aliphatic hydroxyl groups excluding tert-OH is 1. The second-order valence-electron chi connectivity index (χ2n) is 6.38. The zero-order chi connectivity index (χ0) is 18.4. The molecule has 0 saturated carbocycles. The molecule has 0 aromatic heterocycles. The monoisotopic (exact) mass is 346 g/mol. The van der Waals surface area contributed by atoms with E-state index in [0.29, 0.717) is 6.54 Å². The van der Waals surface area contributed by atoms with Gasteiger partial charge in [-0.05, 0) is 17.5 Å². The van der Waals surface area contributed by atoms with E-state index in [2.05, 4.69) is 0 Å². The fourth-order valence-electron chi connectivity index (χ4n) is 2.93. The van der Waals surface area contributed by atoms with Gasteiger partial charge >= 0.3 is 0 Å². The second-order valence-corrected chi connectivity index (χ2v) is 6.38. The summed E-state index contributed by atoms with van der Waals surface area (Å²) in [6.07, 6.45) is 0. The molecule has 2 aromatic carbocycles. The lowest BCUT2D eigenvalue weighted by Crippen LogP contribution is -2.41. The van der Waals surface area contributed by atoms with Crippen molar-refractivity contribution in [3.63, 3.8) is 0 Å². The summed E-state index contributed by atoms with van der Waals surface area (Å²) < 4.78 is 14.3. The summed E-state index contributed by atoms with van der Waals surface area (Å²) in [4.78, 5) is 12.6. The summed E-state index contributed by atoms with van der Waals surface area (Å²) >= 11 is 0. The maximum atomic E-state index is 14.3. The molecule has 134 valence electrons. The summed E-state index contributed by atoms with van der Waals surface area (Å²) in [6, 6.07) is 13.2. The number of rotatable bonds is 8. The summed E-state index contributed by atoms with van der Waals surface area (Å²) in [5.74, 6) is -0.493. The van der Waals surface area contributed by atoms with Gasteiger partial charge in [0, 0.05) is 25.2 Å². The molecule has 2 rings (SSSR count). The molecule has 25 heavy (non-hydrogen) atoms. The molecule has 0 radical (unpaired) electrons. The lowest BCUT2D eigenvalue weighted by molar-refractivity contribution is -0.386. The van der Waals surface area contributed by atoms with Gasteiger partial charge in [-0.3, -0.25) is 15.0 Å². The molecule has 0 amide bonds. The van der Waals surface area contributed by atoms with Crippen molar-refractivity contribution in [2.45, 2.75) is 33.0 Å². The fourth-order valence-corrected chi connectivity index (χ4v) is 2.93. The molecule has 0 aliphatic heterocycles. The van der Waals surface area contributed by atoms with E-state index in [0.717, 1.165) is 5.56 Å². The Kier molecular flexibility index (Phi) is 6.61. The van der Waals surface area contributed by atoms with Gasteiger partial charge in [0.25, 0.3) is 5.69 Å². The van der Waals surface area contributed by atoms with Crippen LogP contribution in [0, 0.1) is 21.8 Å². The Bertz CT molecular complexity index is 707. The minimum Gasteiger partial charge on any atom is -0.395 e. The van der Waals surface area contributed by atoms with Gasteiger partial charge in [0.1, 0.15) is 5.82 Å². The van der Waals surface area contributed by atoms with Crippen LogP contribution >= 0.6 is 0 Å². The van der Waals surface area contributed by atoms with Crippen LogP contribution in [0.5, 0.6) is 0 Å². The van der Waals surface area contributed by atoms with Crippen molar-refractivity contribution < 1.29 is 14.4 Å². The Labute approximate surface area is 146 Å². The molecule has 5 nitrogen and oxygen atoms in total. The number of benzene rings is 2. The number of nitro groups is 1. The molecule has 1 unspecified atom stereocenters. The first-order chi connectivity index (χ1) is 11.9. The van der Waals surface area contributed by atoms with E-state index in [-0.39, 0.29) is 36.4 Å². The second kappa shape index (κ2) is 8.69. The average molecular weight is 346 g/mol. The van der Waals surface area contributed by atoms with Crippen molar-refractivity contribution in [3.8, 4) is 0 Å². The molecule has 0 fully saturated rings. The highest BCUT2D eigenvalue weighted by molar-refractivity contribution is 5.41. The van der Waals surface area contributed by atoms with E-state index in [9.17, 15) is 19.6 Å². The number of aliphatic hydroxyl groups is 1. The molecule has 0 spiro atoms. The van der Waals surface area contributed by atoms with Crippen molar-refractivity contribution in [1.29, 1.82) is 0 Å². The summed E-state index contributed by atoms with van der Waals surface area (Å²) in [6.45, 7) is 4.35. The number of halogens is 1. The summed E-state index contributed by atoms with van der Waals surface area (Å²) in [5, 5.41) is 21.1. The molecule has 0 heterocycles. The van der Waals surface area contributed by atoms with Gasteiger partial charge in [0.15, 0.2) is 0 Å². The number of hydrogen-bond donors (Lipinski definition) is 1. The van der Waals surface area contributed by atoms with Gasteiger partial charge in [-0.15, -0.1) is 0 Å². The third-order valence-corrected chi connectivity index (χ3v) is 4.31. The summed E-state index contributed by atoms with van der Waals surface area (Å²) in [5.41, 5.74) is 0.807. The van der Waals surface area contributed by atoms with E-state index in [1.807, 2.05) is 49.1 Å². The molecule has 2 aromatic rings. The normalized spacial score (nSPS) is 12.6. The van der Waals surface area contributed by atoms with Crippen LogP contribution in [0.25, 0.3) is 0 Å². The summed E-state index contributed by atoms with van der Waals surface area (Å²) in [7, 11) is 0. The van der Waals surface area contributed by atoms with Crippen LogP contribution < -0.4 is 0 Å². The quantitative estimate of drug-likeness (QED) is 0.584. The Morgan fingerprint density at radius 3 is 2.36 bits per heavy atom. The first kappa shape index (κ1) is 19.0. The lowest BCUT2D eigenvalue weighted by atomic mass is 10.0. The zero-order valence-corrected chi connectivity index (χ0v) is 14.4. The standard InChI is InChI=1S/C19H23FN2O3/c1-14(2)19(13-23)21(11-15-7-4-3-5-8-15)12-16-17(20)9-6-10-18(16)22(24)25/h3-10,14,19,23H,11-13H2,1-2H3. The molecule has 1 N–H and O–H groups in total. The molecule has 6 heteroatoms. The van der Waals surface area contributed by atoms with Gasteiger partial charge in [0.05, 0.1) is 17.1 Å². The third kappa shape index (κ3) is 4.84. The Morgan fingerprint density at radius 2 is 1.80 bits per heavy atom. The van der Waals surface area contributed by atoms with Crippen molar-refractivity contribution in [1.82, 2.24) is 4.90 Å². The topological polar surface area (TPSA) is 66.6 Å². The van der Waals surface area contributed by atoms with Crippen molar-refractivity contribution in [2.24, 2.45) is 5.92 Å². The largest absolute Gasteiger partial charge is 0.395 e. The maximum Gasteiger partial charge on any atom is 0.276 e. The van der Waals surface area contributed by atoms with Crippen LogP contribution in [-0.2, 0) is 13.1 Å². The van der Waals surface area contributed by atoms with Crippen LogP contribution in [0.4, 0.5) is 10.1 Å². The predicted molar refractivity (Wildman–Crippen MR) is 94.5 cm³/mol. The van der Waals surface area contributed by atoms with Gasteiger partial charge in [0.2, 0.25) is 0 Å². The van der Waals surface area contributed by atoms with E-state index >= 15 is 0 Å². The maximum absolute atomic E-state index is 14.3. The number of nitrogens with zero attached hydrogens (tertiary/aromatic N) is 2. The fraction of sp³-hybridized carbons (Fsp3) is 0.368. The van der Waals surface area contributed by atoms with E-state index < -0.39 is 10.7 Å². The van der Waals surface area contributed by atoms with Crippen molar-refractivity contribution in [2.75, 3.05) is 6.61 Å².